The molecule has 18 heavy (non-hydrogen) atoms. The minimum atomic E-state index is -4.64. The summed E-state index contributed by atoms with van der Waals surface area (Å²) >= 11 is 0. The van der Waals surface area contributed by atoms with Crippen molar-refractivity contribution < 1.29 is 17.9 Å². The van der Waals surface area contributed by atoms with Gasteiger partial charge in [-0.25, -0.2) is 0 Å². The van der Waals surface area contributed by atoms with E-state index >= 15 is 0 Å². The molecule has 2 atom stereocenters. The number of likely N-dealkylation sites (N-methyl/N-ethyl adjacent to an activating group) is 1. The molecular weight excluding hydrogens is 243 g/mol. The molecule has 0 amide bonds. The molecule has 0 saturated carbocycles. The van der Waals surface area contributed by atoms with Crippen LogP contribution in [-0.2, 0) is 0 Å². The van der Waals surface area contributed by atoms with Crippen molar-refractivity contribution in [2.45, 2.75) is 39.1 Å². The molecule has 0 saturated heterocycles. The van der Waals surface area contributed by atoms with Crippen LogP contribution in [0.1, 0.15) is 32.3 Å². The van der Waals surface area contributed by atoms with Crippen molar-refractivity contribution in [2.24, 2.45) is 0 Å². The van der Waals surface area contributed by atoms with E-state index < -0.39 is 6.36 Å². The lowest BCUT2D eigenvalue weighted by Crippen LogP contribution is -2.30. The van der Waals surface area contributed by atoms with E-state index in [2.05, 4.69) is 10.1 Å². The molecule has 0 radical (unpaired) electrons. The zero-order chi connectivity index (χ0) is 13.8. The van der Waals surface area contributed by atoms with Gasteiger partial charge in [-0.05, 0) is 37.1 Å². The number of hydrogen-bond donors (Lipinski definition) is 1. The fourth-order valence-electron chi connectivity index (χ4n) is 1.78. The van der Waals surface area contributed by atoms with Gasteiger partial charge in [0.15, 0.2) is 0 Å². The lowest BCUT2D eigenvalue weighted by atomic mass is 9.94. The van der Waals surface area contributed by atoms with Crippen molar-refractivity contribution in [1.29, 1.82) is 0 Å². The Morgan fingerprint density at radius 1 is 1.28 bits per heavy atom. The lowest BCUT2D eigenvalue weighted by molar-refractivity contribution is -0.274. The van der Waals surface area contributed by atoms with Gasteiger partial charge in [0.1, 0.15) is 5.75 Å². The zero-order valence-corrected chi connectivity index (χ0v) is 10.7. The molecule has 2 unspecified atom stereocenters. The van der Waals surface area contributed by atoms with Crippen LogP contribution in [-0.4, -0.2) is 18.9 Å². The second kappa shape index (κ2) is 6.09. The Labute approximate surface area is 105 Å². The molecule has 1 N–H and O–H groups in total. The van der Waals surface area contributed by atoms with Gasteiger partial charge in [0.2, 0.25) is 0 Å². The van der Waals surface area contributed by atoms with Crippen molar-refractivity contribution in [1.82, 2.24) is 5.32 Å². The van der Waals surface area contributed by atoms with Crippen LogP contribution in [0.25, 0.3) is 0 Å². The molecule has 0 bridgehead atoms. The number of nitrogens with one attached hydrogen (secondary N) is 1. The van der Waals surface area contributed by atoms with Gasteiger partial charge in [0.05, 0.1) is 0 Å². The highest BCUT2D eigenvalue weighted by molar-refractivity contribution is 5.31. The van der Waals surface area contributed by atoms with Crippen molar-refractivity contribution in [3.8, 4) is 5.75 Å². The summed E-state index contributed by atoms with van der Waals surface area (Å²) < 4.78 is 40.3. The average Bonchev–Trinajstić information content (AvgIpc) is 2.26. The molecule has 1 rings (SSSR count). The first-order valence-corrected chi connectivity index (χ1v) is 5.92. The van der Waals surface area contributed by atoms with E-state index in [4.69, 9.17) is 0 Å². The predicted octanol–water partition coefficient (Wildman–Crippen LogP) is 3.69. The van der Waals surface area contributed by atoms with Crippen molar-refractivity contribution in [3.05, 3.63) is 29.8 Å². The van der Waals surface area contributed by atoms with Crippen LogP contribution in [0.15, 0.2) is 24.3 Å². The van der Waals surface area contributed by atoms with E-state index in [-0.39, 0.29) is 17.7 Å². The monoisotopic (exact) mass is 261 g/mol. The molecule has 0 spiro atoms. The molecule has 1 aromatic rings. The van der Waals surface area contributed by atoms with E-state index in [0.717, 1.165) is 12.1 Å². The van der Waals surface area contributed by atoms with Gasteiger partial charge in [-0.1, -0.05) is 26.0 Å². The molecule has 1 aromatic carbocycles. The van der Waals surface area contributed by atoms with Gasteiger partial charge in [0.25, 0.3) is 0 Å². The highest BCUT2D eigenvalue weighted by atomic mass is 19.4. The molecule has 0 heterocycles. The molecule has 5 heteroatoms. The van der Waals surface area contributed by atoms with E-state index in [1.54, 1.807) is 6.07 Å². The van der Waals surface area contributed by atoms with Gasteiger partial charge >= 0.3 is 6.36 Å². The van der Waals surface area contributed by atoms with Gasteiger partial charge in [0, 0.05) is 6.04 Å². The molecule has 0 aliphatic heterocycles. The van der Waals surface area contributed by atoms with E-state index in [9.17, 15) is 13.2 Å². The van der Waals surface area contributed by atoms with Gasteiger partial charge in [-0.2, -0.15) is 0 Å². The molecule has 2 nitrogen and oxygen atoms in total. The highest BCUT2D eigenvalue weighted by Crippen LogP contribution is 2.27. The Morgan fingerprint density at radius 2 is 1.94 bits per heavy atom. The highest BCUT2D eigenvalue weighted by Gasteiger charge is 2.31. The van der Waals surface area contributed by atoms with E-state index in [0.29, 0.717) is 0 Å². The quantitative estimate of drug-likeness (QED) is 0.872. The molecule has 0 aliphatic carbocycles. The Balaban J connectivity index is 2.81. The zero-order valence-electron chi connectivity index (χ0n) is 10.7. The second-order valence-electron chi connectivity index (χ2n) is 4.26. The summed E-state index contributed by atoms with van der Waals surface area (Å²) in [4.78, 5) is 0. The maximum absolute atomic E-state index is 12.1. The minimum Gasteiger partial charge on any atom is -0.406 e. The molecule has 0 aromatic heterocycles. The molecular formula is C13H18F3NO. The Kier molecular flexibility index (Phi) is 5.02. The van der Waals surface area contributed by atoms with Crippen LogP contribution in [0.3, 0.4) is 0 Å². The first-order chi connectivity index (χ1) is 8.33. The van der Waals surface area contributed by atoms with Crippen LogP contribution in [0.5, 0.6) is 5.75 Å². The maximum Gasteiger partial charge on any atom is 0.573 e. The largest absolute Gasteiger partial charge is 0.573 e. The van der Waals surface area contributed by atoms with Crippen molar-refractivity contribution in [3.63, 3.8) is 0 Å². The summed E-state index contributed by atoms with van der Waals surface area (Å²) in [5.41, 5.74) is 0.824. The molecule has 0 fully saturated rings. The van der Waals surface area contributed by atoms with Gasteiger partial charge in [-0.15, -0.1) is 13.2 Å². The number of benzene rings is 1. The second-order valence-corrected chi connectivity index (χ2v) is 4.26. The summed E-state index contributed by atoms with van der Waals surface area (Å²) in [5, 5.41) is 3.25. The summed E-state index contributed by atoms with van der Waals surface area (Å²) in [6.07, 6.45) is -4.64. The molecule has 102 valence electrons. The van der Waals surface area contributed by atoms with Gasteiger partial charge in [-0.3, -0.25) is 0 Å². The average molecular weight is 261 g/mol. The third-order valence-electron chi connectivity index (χ3n) is 2.89. The Hall–Kier alpha value is -1.23. The SMILES string of the molecule is CCNC(C)C(C)c1cccc(OC(F)(F)F)c1. The minimum absolute atomic E-state index is 0.113. The number of hydrogen-bond acceptors (Lipinski definition) is 2. The smallest absolute Gasteiger partial charge is 0.406 e. The first kappa shape index (κ1) is 14.8. The normalized spacial score (nSPS) is 15.2. The fraction of sp³-hybridized carbons (Fsp3) is 0.538. The van der Waals surface area contributed by atoms with Crippen molar-refractivity contribution >= 4 is 0 Å². The van der Waals surface area contributed by atoms with Gasteiger partial charge < -0.3 is 10.1 Å². The van der Waals surface area contributed by atoms with E-state index in [1.165, 1.54) is 12.1 Å². The number of rotatable bonds is 5. The standard InChI is InChI=1S/C13H18F3NO/c1-4-17-10(3)9(2)11-6-5-7-12(8-11)18-13(14,15)16/h5-10,17H,4H2,1-3H3. The summed E-state index contributed by atoms with van der Waals surface area (Å²) in [5.74, 6) is -0.0581. The molecule has 0 aliphatic rings. The summed E-state index contributed by atoms with van der Waals surface area (Å²) in [6.45, 7) is 6.79. The van der Waals surface area contributed by atoms with Crippen LogP contribution >= 0.6 is 0 Å². The number of ether oxygens (including phenoxy) is 1. The Morgan fingerprint density at radius 3 is 2.50 bits per heavy atom. The van der Waals surface area contributed by atoms with E-state index in [1.807, 2.05) is 26.8 Å². The fourth-order valence-corrected chi connectivity index (χ4v) is 1.78. The van der Waals surface area contributed by atoms with Crippen LogP contribution in [0.4, 0.5) is 13.2 Å². The van der Waals surface area contributed by atoms with Crippen molar-refractivity contribution in [2.75, 3.05) is 6.54 Å². The lowest BCUT2D eigenvalue weighted by Gasteiger charge is -2.21. The van der Waals surface area contributed by atoms with Crippen LogP contribution in [0, 0.1) is 0 Å². The summed E-state index contributed by atoms with van der Waals surface area (Å²) in [7, 11) is 0. The van der Waals surface area contributed by atoms with Crippen LogP contribution in [0.2, 0.25) is 0 Å². The topological polar surface area (TPSA) is 21.3 Å². The number of halogens is 3. The van der Waals surface area contributed by atoms with Crippen LogP contribution < -0.4 is 10.1 Å². The first-order valence-electron chi connectivity index (χ1n) is 5.92. The third kappa shape index (κ3) is 4.56. The Bertz CT molecular complexity index is 379. The summed E-state index contributed by atoms with van der Waals surface area (Å²) in [6, 6.07) is 6.32. The predicted molar refractivity (Wildman–Crippen MR) is 64.7 cm³/mol. The third-order valence-corrected chi connectivity index (χ3v) is 2.89. The maximum atomic E-state index is 12.1. The number of alkyl halides is 3.